The van der Waals surface area contributed by atoms with Crippen LogP contribution < -0.4 is 5.56 Å². The summed E-state index contributed by atoms with van der Waals surface area (Å²) < 4.78 is 3.14. The van der Waals surface area contributed by atoms with Gasteiger partial charge in [-0.25, -0.2) is 4.98 Å². The van der Waals surface area contributed by atoms with Crippen molar-refractivity contribution in [2.24, 2.45) is 0 Å². The van der Waals surface area contributed by atoms with E-state index >= 15 is 0 Å². The monoisotopic (exact) mass is 358 g/mol. The number of pyridine rings is 1. The van der Waals surface area contributed by atoms with Gasteiger partial charge in [0.15, 0.2) is 10.2 Å². The molecule has 25 heavy (non-hydrogen) atoms. The van der Waals surface area contributed by atoms with Gasteiger partial charge in [0.1, 0.15) is 11.5 Å². The molecule has 1 aliphatic heterocycles. The highest BCUT2D eigenvalue weighted by Crippen LogP contribution is 2.31. The third-order valence-corrected chi connectivity index (χ3v) is 5.09. The largest absolute Gasteiger partial charge is 0.366 e. The Bertz CT molecular complexity index is 1030. The molecule has 9 nitrogen and oxygen atoms in total. The number of rotatable bonds is 3. The molecule has 1 aliphatic rings. The molecule has 0 N–H and O–H groups in total. The summed E-state index contributed by atoms with van der Waals surface area (Å²) in [5.41, 5.74) is -0.885. The fraction of sp³-hybridized carbons (Fsp3) is 0.333. The van der Waals surface area contributed by atoms with E-state index in [4.69, 9.17) is 0 Å². The van der Waals surface area contributed by atoms with E-state index in [0.29, 0.717) is 10.8 Å². The smallest absolute Gasteiger partial charge is 0.306 e. The lowest BCUT2D eigenvalue weighted by Crippen LogP contribution is -2.19. The van der Waals surface area contributed by atoms with Crippen molar-refractivity contribution in [3.63, 3.8) is 0 Å². The average Bonchev–Trinajstić information content (AvgIpc) is 2.82. The number of fused-ring (bicyclic) bond motifs is 2. The maximum absolute atomic E-state index is 12.5. The van der Waals surface area contributed by atoms with E-state index < -0.39 is 16.2 Å². The second kappa shape index (κ2) is 6.28. The summed E-state index contributed by atoms with van der Waals surface area (Å²) in [7, 11) is 0. The van der Waals surface area contributed by atoms with Crippen LogP contribution in [0.4, 0.5) is 5.69 Å². The second-order valence-electron chi connectivity index (χ2n) is 5.72. The SMILES string of the molecule is O=c1c([N+](=O)[O-])c(Sc2nnc3n2CCCCC3)nc2ccccn12. The van der Waals surface area contributed by atoms with Crippen molar-refractivity contribution in [2.45, 2.75) is 42.4 Å². The van der Waals surface area contributed by atoms with Crippen LogP contribution in [-0.2, 0) is 13.0 Å². The fourth-order valence-corrected chi connectivity index (χ4v) is 3.87. The minimum Gasteiger partial charge on any atom is -0.306 e. The van der Waals surface area contributed by atoms with Crippen LogP contribution >= 0.6 is 11.8 Å². The van der Waals surface area contributed by atoms with E-state index in [1.807, 2.05) is 4.57 Å². The molecule has 3 aromatic rings. The third-order valence-electron chi connectivity index (χ3n) is 4.12. The average molecular weight is 358 g/mol. The Kier molecular flexibility index (Phi) is 3.96. The lowest BCUT2D eigenvalue weighted by atomic mass is 10.2. The van der Waals surface area contributed by atoms with Crippen molar-refractivity contribution < 1.29 is 4.92 Å². The molecule has 3 aromatic heterocycles. The van der Waals surface area contributed by atoms with Gasteiger partial charge in [-0.1, -0.05) is 12.5 Å². The number of hydrogen-bond donors (Lipinski definition) is 0. The Morgan fingerprint density at radius 3 is 2.92 bits per heavy atom. The summed E-state index contributed by atoms with van der Waals surface area (Å²) in [6.45, 7) is 0.769. The number of aromatic nitrogens is 5. The maximum Gasteiger partial charge on any atom is 0.366 e. The van der Waals surface area contributed by atoms with Crippen LogP contribution in [0.5, 0.6) is 0 Å². The fourth-order valence-electron chi connectivity index (χ4n) is 2.91. The molecule has 0 radical (unpaired) electrons. The van der Waals surface area contributed by atoms with Gasteiger partial charge in [-0.15, -0.1) is 10.2 Å². The Morgan fingerprint density at radius 2 is 2.08 bits per heavy atom. The molecule has 0 amide bonds. The predicted molar refractivity (Wildman–Crippen MR) is 89.8 cm³/mol. The number of aryl methyl sites for hydroxylation is 1. The molecule has 0 atom stereocenters. The number of nitro groups is 1. The molecule has 0 saturated carbocycles. The van der Waals surface area contributed by atoms with Crippen LogP contribution in [0, 0.1) is 10.1 Å². The molecule has 0 bridgehead atoms. The number of hydrogen-bond acceptors (Lipinski definition) is 7. The predicted octanol–water partition coefficient (Wildman–Crippen LogP) is 2.07. The Balaban J connectivity index is 1.84. The first kappa shape index (κ1) is 15.8. The quantitative estimate of drug-likeness (QED) is 0.400. The van der Waals surface area contributed by atoms with Crippen LogP contribution in [0.25, 0.3) is 5.65 Å². The summed E-state index contributed by atoms with van der Waals surface area (Å²) >= 11 is 1.03. The highest BCUT2D eigenvalue weighted by atomic mass is 32.2. The minimum atomic E-state index is -0.700. The first-order valence-electron chi connectivity index (χ1n) is 7.91. The van der Waals surface area contributed by atoms with E-state index in [0.717, 1.165) is 49.8 Å². The highest BCUT2D eigenvalue weighted by molar-refractivity contribution is 7.99. The van der Waals surface area contributed by atoms with Crippen molar-refractivity contribution in [3.05, 3.63) is 50.7 Å². The summed E-state index contributed by atoms with van der Waals surface area (Å²) in [5, 5.41) is 20.4. The normalized spacial score (nSPS) is 14.2. The molecule has 0 saturated heterocycles. The molecule has 0 unspecified atom stereocenters. The van der Waals surface area contributed by atoms with Gasteiger partial charge in [0, 0.05) is 19.2 Å². The Hall–Kier alpha value is -2.75. The zero-order valence-electron chi connectivity index (χ0n) is 13.2. The first-order chi connectivity index (χ1) is 12.1. The standard InChI is InChI=1S/C15H14N6O3S/c22-14-12(21(23)24)13(16-10-6-3-5-8-19(10)14)25-15-18-17-11-7-2-1-4-9-20(11)15/h3,5-6,8H,1-2,4,7,9H2. The molecular formula is C15H14N6O3S. The van der Waals surface area contributed by atoms with Gasteiger partial charge in [0.2, 0.25) is 0 Å². The Morgan fingerprint density at radius 1 is 1.20 bits per heavy atom. The molecule has 4 heterocycles. The summed E-state index contributed by atoms with van der Waals surface area (Å²) in [5.74, 6) is 0.875. The summed E-state index contributed by atoms with van der Waals surface area (Å²) in [6, 6.07) is 5.00. The Labute approximate surface area is 145 Å². The van der Waals surface area contributed by atoms with Gasteiger partial charge in [0.05, 0.1) is 4.92 Å². The molecule has 0 aliphatic carbocycles. The van der Waals surface area contributed by atoms with Gasteiger partial charge in [-0.2, -0.15) is 0 Å². The second-order valence-corrected chi connectivity index (χ2v) is 6.68. The van der Waals surface area contributed by atoms with E-state index in [-0.39, 0.29) is 5.03 Å². The van der Waals surface area contributed by atoms with Gasteiger partial charge in [-0.3, -0.25) is 19.3 Å². The maximum atomic E-state index is 12.5. The van der Waals surface area contributed by atoms with Crippen LogP contribution in [0.3, 0.4) is 0 Å². The third kappa shape index (κ3) is 2.78. The van der Waals surface area contributed by atoms with Crippen molar-refractivity contribution in [1.29, 1.82) is 0 Å². The zero-order chi connectivity index (χ0) is 17.4. The van der Waals surface area contributed by atoms with Crippen molar-refractivity contribution in [2.75, 3.05) is 0 Å². The lowest BCUT2D eigenvalue weighted by molar-refractivity contribution is -0.389. The van der Waals surface area contributed by atoms with Crippen LogP contribution in [-0.4, -0.2) is 29.1 Å². The van der Waals surface area contributed by atoms with Crippen LogP contribution in [0.2, 0.25) is 0 Å². The van der Waals surface area contributed by atoms with Crippen molar-refractivity contribution >= 4 is 23.1 Å². The van der Waals surface area contributed by atoms with Gasteiger partial charge < -0.3 is 4.57 Å². The molecular weight excluding hydrogens is 344 g/mol. The molecule has 10 heteroatoms. The van der Waals surface area contributed by atoms with E-state index in [2.05, 4.69) is 15.2 Å². The van der Waals surface area contributed by atoms with Gasteiger partial charge in [-0.05, 0) is 36.7 Å². The van der Waals surface area contributed by atoms with Gasteiger partial charge in [0.25, 0.3) is 0 Å². The first-order valence-corrected chi connectivity index (χ1v) is 8.72. The van der Waals surface area contributed by atoms with Gasteiger partial charge >= 0.3 is 11.2 Å². The summed E-state index contributed by atoms with van der Waals surface area (Å²) in [6.07, 6.45) is 5.48. The minimum absolute atomic E-state index is 0.0423. The highest BCUT2D eigenvalue weighted by Gasteiger charge is 2.26. The molecule has 128 valence electrons. The molecule has 4 rings (SSSR count). The molecule has 0 spiro atoms. The summed E-state index contributed by atoms with van der Waals surface area (Å²) in [4.78, 5) is 27.6. The zero-order valence-corrected chi connectivity index (χ0v) is 14.0. The van der Waals surface area contributed by atoms with Crippen LogP contribution in [0.15, 0.2) is 39.4 Å². The topological polar surface area (TPSA) is 108 Å². The van der Waals surface area contributed by atoms with Crippen molar-refractivity contribution in [3.8, 4) is 0 Å². The lowest BCUT2D eigenvalue weighted by Gasteiger charge is -2.07. The van der Waals surface area contributed by atoms with E-state index in [1.54, 1.807) is 18.2 Å². The number of nitrogens with zero attached hydrogens (tertiary/aromatic N) is 6. The van der Waals surface area contributed by atoms with Crippen LogP contribution in [0.1, 0.15) is 25.1 Å². The molecule has 0 aromatic carbocycles. The van der Waals surface area contributed by atoms with E-state index in [9.17, 15) is 14.9 Å². The van der Waals surface area contributed by atoms with Crippen molar-refractivity contribution in [1.82, 2.24) is 24.1 Å². The molecule has 0 fully saturated rings. The van der Waals surface area contributed by atoms with E-state index in [1.165, 1.54) is 10.6 Å².